The van der Waals surface area contributed by atoms with Gasteiger partial charge in [0, 0.05) is 17.1 Å². The molecule has 2 unspecified atom stereocenters. The molecular weight excluding hydrogens is 282 g/mol. The van der Waals surface area contributed by atoms with Crippen LogP contribution in [0.1, 0.15) is 25.5 Å². The number of rotatable bonds is 5. The second-order valence-corrected chi connectivity index (χ2v) is 5.02. The summed E-state index contributed by atoms with van der Waals surface area (Å²) in [5, 5.41) is 3.32. The molecule has 0 radical (unpaired) electrons. The summed E-state index contributed by atoms with van der Waals surface area (Å²) in [7, 11) is 1.41. The summed E-state index contributed by atoms with van der Waals surface area (Å²) in [5.41, 5.74) is 1.19. The highest BCUT2D eigenvalue weighted by Gasteiger charge is 2.14. The first-order valence-electron chi connectivity index (χ1n) is 5.61. The number of nitrogens with one attached hydrogen (secondary N) is 1. The van der Waals surface area contributed by atoms with Gasteiger partial charge in [0.1, 0.15) is 0 Å². The molecule has 17 heavy (non-hydrogen) atoms. The lowest BCUT2D eigenvalue weighted by atomic mass is 10.1. The molecule has 1 rings (SSSR count). The van der Waals surface area contributed by atoms with Gasteiger partial charge in [-0.1, -0.05) is 35.0 Å². The normalized spacial score (nSPS) is 14.1. The van der Waals surface area contributed by atoms with Crippen LogP contribution in [-0.4, -0.2) is 19.6 Å². The van der Waals surface area contributed by atoms with Gasteiger partial charge in [0.05, 0.1) is 13.0 Å². The van der Waals surface area contributed by atoms with Gasteiger partial charge in [-0.15, -0.1) is 0 Å². The van der Waals surface area contributed by atoms with Gasteiger partial charge < -0.3 is 10.1 Å². The molecule has 0 bridgehead atoms. The first-order chi connectivity index (χ1) is 8.04. The number of carbonyl (C=O) groups is 1. The fourth-order valence-corrected chi connectivity index (χ4v) is 1.95. The zero-order chi connectivity index (χ0) is 12.8. The molecule has 4 heteroatoms. The molecule has 0 spiro atoms. The molecule has 2 atom stereocenters. The van der Waals surface area contributed by atoms with E-state index in [1.807, 2.05) is 19.1 Å². The third-order valence-corrected chi connectivity index (χ3v) is 3.18. The molecule has 1 aromatic carbocycles. The van der Waals surface area contributed by atoms with Crippen LogP contribution in [0.5, 0.6) is 0 Å². The zero-order valence-electron chi connectivity index (χ0n) is 10.4. The van der Waals surface area contributed by atoms with Gasteiger partial charge in [0.2, 0.25) is 0 Å². The van der Waals surface area contributed by atoms with Gasteiger partial charge in [-0.25, -0.2) is 0 Å². The van der Waals surface area contributed by atoms with Crippen molar-refractivity contribution < 1.29 is 9.53 Å². The predicted molar refractivity (Wildman–Crippen MR) is 71.7 cm³/mol. The van der Waals surface area contributed by atoms with Gasteiger partial charge in [0.25, 0.3) is 0 Å². The molecule has 0 saturated carbocycles. The average Bonchev–Trinajstić information content (AvgIpc) is 2.34. The fraction of sp³-hybridized carbons (Fsp3) is 0.462. The maximum Gasteiger partial charge on any atom is 0.309 e. The van der Waals surface area contributed by atoms with Gasteiger partial charge in [0.15, 0.2) is 0 Å². The molecule has 0 fully saturated rings. The van der Waals surface area contributed by atoms with Gasteiger partial charge in [-0.05, 0) is 24.6 Å². The van der Waals surface area contributed by atoms with Gasteiger partial charge in [-0.3, -0.25) is 4.79 Å². The van der Waals surface area contributed by atoms with E-state index in [-0.39, 0.29) is 17.9 Å². The minimum absolute atomic E-state index is 0.130. The lowest BCUT2D eigenvalue weighted by molar-refractivity contribution is -0.144. The number of hydrogen-bond donors (Lipinski definition) is 1. The van der Waals surface area contributed by atoms with Crippen LogP contribution in [0, 0.1) is 5.92 Å². The summed E-state index contributed by atoms with van der Waals surface area (Å²) in [5.74, 6) is -0.312. The molecule has 94 valence electrons. The Kier molecular flexibility index (Phi) is 5.65. The molecule has 0 aliphatic rings. The Morgan fingerprint density at radius 3 is 2.76 bits per heavy atom. The van der Waals surface area contributed by atoms with Crippen LogP contribution in [0.4, 0.5) is 0 Å². The highest BCUT2D eigenvalue weighted by Crippen LogP contribution is 2.17. The van der Waals surface area contributed by atoms with E-state index in [4.69, 9.17) is 0 Å². The van der Waals surface area contributed by atoms with Crippen molar-refractivity contribution in [2.75, 3.05) is 13.7 Å². The Morgan fingerprint density at radius 1 is 1.47 bits per heavy atom. The van der Waals surface area contributed by atoms with Gasteiger partial charge in [-0.2, -0.15) is 0 Å². The minimum atomic E-state index is -0.182. The lowest BCUT2D eigenvalue weighted by Crippen LogP contribution is -2.29. The maximum atomic E-state index is 11.2. The Hall–Kier alpha value is -0.870. The van der Waals surface area contributed by atoms with Crippen LogP contribution >= 0.6 is 15.9 Å². The van der Waals surface area contributed by atoms with Gasteiger partial charge >= 0.3 is 5.97 Å². The summed E-state index contributed by atoms with van der Waals surface area (Å²) >= 11 is 3.44. The zero-order valence-corrected chi connectivity index (χ0v) is 12.0. The van der Waals surface area contributed by atoms with E-state index in [1.54, 1.807) is 0 Å². The van der Waals surface area contributed by atoms with Crippen LogP contribution < -0.4 is 5.32 Å². The molecule has 1 N–H and O–H groups in total. The van der Waals surface area contributed by atoms with E-state index < -0.39 is 0 Å². The molecule has 0 aliphatic carbocycles. The fourth-order valence-electron chi connectivity index (χ4n) is 1.53. The number of carbonyl (C=O) groups excluding carboxylic acids is 1. The Labute approximate surface area is 111 Å². The van der Waals surface area contributed by atoms with Crippen molar-refractivity contribution in [3.05, 3.63) is 34.3 Å². The van der Waals surface area contributed by atoms with Crippen LogP contribution in [0.2, 0.25) is 0 Å². The second-order valence-electron chi connectivity index (χ2n) is 4.11. The Morgan fingerprint density at radius 2 is 2.18 bits per heavy atom. The summed E-state index contributed by atoms with van der Waals surface area (Å²) in [4.78, 5) is 11.2. The Balaban J connectivity index is 2.50. The van der Waals surface area contributed by atoms with Crippen LogP contribution in [0.3, 0.4) is 0 Å². The predicted octanol–water partition coefficient (Wildman–Crippen LogP) is 2.91. The van der Waals surface area contributed by atoms with E-state index >= 15 is 0 Å². The van der Waals surface area contributed by atoms with Crippen LogP contribution in [0.15, 0.2) is 28.7 Å². The highest BCUT2D eigenvalue weighted by atomic mass is 79.9. The smallest absolute Gasteiger partial charge is 0.309 e. The van der Waals surface area contributed by atoms with Crippen LogP contribution in [0.25, 0.3) is 0 Å². The van der Waals surface area contributed by atoms with Crippen molar-refractivity contribution in [1.82, 2.24) is 5.32 Å². The first-order valence-corrected chi connectivity index (χ1v) is 6.40. The van der Waals surface area contributed by atoms with Crippen molar-refractivity contribution in [3.63, 3.8) is 0 Å². The number of hydrogen-bond acceptors (Lipinski definition) is 3. The molecule has 0 aliphatic heterocycles. The summed E-state index contributed by atoms with van der Waals surface area (Å²) in [6.45, 7) is 4.54. The molecule has 1 aromatic rings. The van der Waals surface area contributed by atoms with E-state index in [2.05, 4.69) is 45.0 Å². The number of methoxy groups -OCH3 is 1. The van der Waals surface area contributed by atoms with E-state index in [9.17, 15) is 4.79 Å². The molecule has 0 amide bonds. The SMILES string of the molecule is COC(=O)C(C)CNC(C)c1cccc(Br)c1. The van der Waals surface area contributed by atoms with Crippen molar-refractivity contribution >= 4 is 21.9 Å². The van der Waals surface area contributed by atoms with E-state index in [1.165, 1.54) is 12.7 Å². The topological polar surface area (TPSA) is 38.3 Å². The minimum Gasteiger partial charge on any atom is -0.469 e. The number of benzene rings is 1. The molecular formula is C13H18BrNO2. The largest absolute Gasteiger partial charge is 0.469 e. The van der Waals surface area contributed by atoms with E-state index in [0.717, 1.165) is 4.47 Å². The number of esters is 1. The quantitative estimate of drug-likeness (QED) is 0.850. The highest BCUT2D eigenvalue weighted by molar-refractivity contribution is 9.10. The Bertz CT molecular complexity index is 381. The average molecular weight is 300 g/mol. The molecule has 3 nitrogen and oxygen atoms in total. The molecule has 0 saturated heterocycles. The van der Waals surface area contributed by atoms with E-state index in [0.29, 0.717) is 6.54 Å². The third-order valence-electron chi connectivity index (χ3n) is 2.68. The molecule has 0 heterocycles. The standard InChI is InChI=1S/C13H18BrNO2/c1-9(13(16)17-3)8-15-10(2)11-5-4-6-12(14)7-11/h4-7,9-10,15H,8H2,1-3H3. The summed E-state index contributed by atoms with van der Waals surface area (Å²) in [6, 6.07) is 8.33. The summed E-state index contributed by atoms with van der Waals surface area (Å²) in [6.07, 6.45) is 0. The monoisotopic (exact) mass is 299 g/mol. The van der Waals surface area contributed by atoms with Crippen molar-refractivity contribution in [1.29, 1.82) is 0 Å². The lowest BCUT2D eigenvalue weighted by Gasteiger charge is -2.17. The van der Waals surface area contributed by atoms with Crippen molar-refractivity contribution in [2.24, 2.45) is 5.92 Å². The second kappa shape index (κ2) is 6.77. The number of halogens is 1. The maximum absolute atomic E-state index is 11.2. The summed E-state index contributed by atoms with van der Waals surface area (Å²) < 4.78 is 5.74. The number of ether oxygens (including phenoxy) is 1. The van der Waals surface area contributed by atoms with Crippen molar-refractivity contribution in [3.8, 4) is 0 Å². The first kappa shape index (κ1) is 14.2. The molecule has 0 aromatic heterocycles. The van der Waals surface area contributed by atoms with Crippen molar-refractivity contribution in [2.45, 2.75) is 19.9 Å². The van der Waals surface area contributed by atoms with Crippen LogP contribution in [-0.2, 0) is 9.53 Å². The third kappa shape index (κ3) is 4.48.